The smallest absolute Gasteiger partial charge is 0.325 e. The average molecular weight is 266 g/mol. The molecule has 4 nitrogen and oxygen atoms in total. The van der Waals surface area contributed by atoms with E-state index in [1.165, 1.54) is 0 Å². The summed E-state index contributed by atoms with van der Waals surface area (Å²) >= 11 is 5.53. The van der Waals surface area contributed by atoms with Crippen molar-refractivity contribution in [3.8, 4) is 0 Å². The van der Waals surface area contributed by atoms with E-state index in [2.05, 4.69) is 0 Å². The summed E-state index contributed by atoms with van der Waals surface area (Å²) in [5.74, 6) is -0.391. The Hall–Kier alpha value is -1.81. The normalized spacial score (nSPS) is 10.6. The summed E-state index contributed by atoms with van der Waals surface area (Å²) in [6.45, 7) is 2.02. The van der Waals surface area contributed by atoms with Crippen LogP contribution in [0.15, 0.2) is 30.3 Å². The molecule has 1 aromatic heterocycles. The van der Waals surface area contributed by atoms with Crippen molar-refractivity contribution in [3.05, 3.63) is 36.0 Å². The van der Waals surface area contributed by atoms with E-state index in [-0.39, 0.29) is 6.54 Å². The summed E-state index contributed by atoms with van der Waals surface area (Å²) in [6, 6.07) is 9.06. The molecule has 1 aromatic carbocycles. The molecular formula is C13H12ClNO3. The molecule has 5 heteroatoms. The van der Waals surface area contributed by atoms with Crippen LogP contribution < -0.4 is 0 Å². The molecule has 0 spiro atoms. The minimum atomic E-state index is -0.588. The number of para-hydroxylation sites is 1. The predicted octanol–water partition coefficient (Wildman–Crippen LogP) is 2.58. The summed E-state index contributed by atoms with van der Waals surface area (Å²) < 4.78 is 6.46. The maximum atomic E-state index is 11.5. The number of hydrogen-bond donors (Lipinski definition) is 0. The molecule has 2 rings (SSSR count). The van der Waals surface area contributed by atoms with Crippen LogP contribution in [0.1, 0.15) is 17.4 Å². The molecule has 0 amide bonds. The van der Waals surface area contributed by atoms with Gasteiger partial charge in [0.25, 0.3) is 5.24 Å². The van der Waals surface area contributed by atoms with E-state index in [4.69, 9.17) is 16.3 Å². The van der Waals surface area contributed by atoms with E-state index >= 15 is 0 Å². The highest BCUT2D eigenvalue weighted by Crippen LogP contribution is 2.21. The summed E-state index contributed by atoms with van der Waals surface area (Å²) in [5, 5.41) is 0.279. The number of rotatable bonds is 4. The van der Waals surface area contributed by atoms with E-state index in [0.717, 1.165) is 10.9 Å². The number of halogens is 1. The molecule has 0 fully saturated rings. The van der Waals surface area contributed by atoms with Crippen LogP contribution in [0.5, 0.6) is 0 Å². The molecule has 0 saturated carbocycles. The molecule has 0 unspecified atom stereocenters. The van der Waals surface area contributed by atoms with Gasteiger partial charge in [0.2, 0.25) is 0 Å². The van der Waals surface area contributed by atoms with Gasteiger partial charge in [-0.25, -0.2) is 0 Å². The number of esters is 1. The maximum Gasteiger partial charge on any atom is 0.325 e. The Morgan fingerprint density at radius 3 is 2.72 bits per heavy atom. The van der Waals surface area contributed by atoms with E-state index in [0.29, 0.717) is 12.3 Å². The molecule has 0 aliphatic heterocycles. The highest BCUT2D eigenvalue weighted by molar-refractivity contribution is 6.67. The Labute approximate surface area is 109 Å². The molecule has 94 valence electrons. The summed E-state index contributed by atoms with van der Waals surface area (Å²) in [5.41, 5.74) is 1.08. The summed E-state index contributed by atoms with van der Waals surface area (Å²) in [4.78, 5) is 22.9. The molecule has 0 radical (unpaired) electrons. The third kappa shape index (κ3) is 2.38. The predicted molar refractivity (Wildman–Crippen MR) is 68.8 cm³/mol. The average Bonchev–Trinajstić information content (AvgIpc) is 2.69. The van der Waals surface area contributed by atoms with Gasteiger partial charge in [-0.15, -0.1) is 0 Å². The first-order chi connectivity index (χ1) is 8.63. The highest BCUT2D eigenvalue weighted by Gasteiger charge is 2.16. The molecule has 0 bridgehead atoms. The van der Waals surface area contributed by atoms with Crippen molar-refractivity contribution in [1.29, 1.82) is 0 Å². The number of nitrogens with zero attached hydrogens (tertiary/aromatic N) is 1. The Morgan fingerprint density at radius 2 is 2.06 bits per heavy atom. The van der Waals surface area contributed by atoms with Crippen LogP contribution in [0, 0.1) is 0 Å². The lowest BCUT2D eigenvalue weighted by molar-refractivity contribution is -0.143. The molecule has 0 aliphatic rings. The number of ether oxygens (including phenoxy) is 1. The van der Waals surface area contributed by atoms with Crippen molar-refractivity contribution in [2.24, 2.45) is 0 Å². The van der Waals surface area contributed by atoms with Gasteiger partial charge in [0.05, 0.1) is 6.61 Å². The number of carbonyl (C=O) groups excluding carboxylic acids is 2. The summed E-state index contributed by atoms with van der Waals surface area (Å²) in [7, 11) is 0. The quantitative estimate of drug-likeness (QED) is 0.631. The van der Waals surface area contributed by atoms with Gasteiger partial charge in [0, 0.05) is 10.9 Å². The van der Waals surface area contributed by atoms with Crippen molar-refractivity contribution < 1.29 is 14.3 Å². The lowest BCUT2D eigenvalue weighted by Crippen LogP contribution is -2.16. The number of fused-ring (bicyclic) bond motifs is 1. The van der Waals surface area contributed by atoms with Crippen LogP contribution in [0.25, 0.3) is 10.9 Å². The lowest BCUT2D eigenvalue weighted by Gasteiger charge is -2.07. The Kier molecular flexibility index (Phi) is 3.67. The van der Waals surface area contributed by atoms with E-state index in [9.17, 15) is 9.59 Å². The Bertz CT molecular complexity index is 603. The van der Waals surface area contributed by atoms with Crippen LogP contribution >= 0.6 is 11.6 Å². The van der Waals surface area contributed by atoms with Gasteiger partial charge in [-0.05, 0) is 30.7 Å². The Morgan fingerprint density at radius 1 is 1.33 bits per heavy atom. The van der Waals surface area contributed by atoms with E-state index < -0.39 is 11.2 Å². The van der Waals surface area contributed by atoms with E-state index in [1.807, 2.05) is 24.3 Å². The fraction of sp³-hybridized carbons (Fsp3) is 0.231. The van der Waals surface area contributed by atoms with Crippen molar-refractivity contribution in [2.45, 2.75) is 13.5 Å². The molecule has 0 N–H and O–H groups in total. The minimum Gasteiger partial charge on any atom is -0.465 e. The van der Waals surface area contributed by atoms with Crippen LogP contribution in [-0.4, -0.2) is 22.4 Å². The molecule has 1 heterocycles. The van der Waals surface area contributed by atoms with Crippen LogP contribution in [0.3, 0.4) is 0 Å². The maximum absolute atomic E-state index is 11.5. The lowest BCUT2D eigenvalue weighted by atomic mass is 10.2. The monoisotopic (exact) mass is 265 g/mol. The molecule has 18 heavy (non-hydrogen) atoms. The SMILES string of the molecule is CCOC(=O)Cn1c(C(=O)Cl)cc2ccccc21. The first-order valence-corrected chi connectivity index (χ1v) is 5.95. The molecular weight excluding hydrogens is 254 g/mol. The zero-order chi connectivity index (χ0) is 13.1. The summed E-state index contributed by atoms with van der Waals surface area (Å²) in [6.07, 6.45) is 0. The second-order valence-electron chi connectivity index (χ2n) is 3.75. The van der Waals surface area contributed by atoms with Crippen molar-refractivity contribution in [2.75, 3.05) is 6.61 Å². The van der Waals surface area contributed by atoms with Crippen molar-refractivity contribution >= 4 is 33.7 Å². The third-order valence-corrected chi connectivity index (χ3v) is 2.80. The Balaban J connectivity index is 2.48. The van der Waals surface area contributed by atoms with Gasteiger partial charge in [-0.1, -0.05) is 18.2 Å². The fourth-order valence-electron chi connectivity index (χ4n) is 1.88. The second-order valence-corrected chi connectivity index (χ2v) is 4.10. The van der Waals surface area contributed by atoms with Crippen LogP contribution in [-0.2, 0) is 16.1 Å². The first-order valence-electron chi connectivity index (χ1n) is 5.57. The second kappa shape index (κ2) is 5.23. The molecule has 0 aliphatic carbocycles. The number of aromatic nitrogens is 1. The molecule has 0 saturated heterocycles. The van der Waals surface area contributed by atoms with Crippen molar-refractivity contribution in [3.63, 3.8) is 0 Å². The van der Waals surface area contributed by atoms with E-state index in [1.54, 1.807) is 17.6 Å². The molecule has 2 aromatic rings. The van der Waals surface area contributed by atoms with Crippen molar-refractivity contribution in [1.82, 2.24) is 4.57 Å². The topological polar surface area (TPSA) is 48.3 Å². The van der Waals surface area contributed by atoms with Gasteiger partial charge >= 0.3 is 5.97 Å². The number of benzene rings is 1. The first kappa shape index (κ1) is 12.6. The van der Waals surface area contributed by atoms with Gasteiger partial charge in [-0.3, -0.25) is 9.59 Å². The van der Waals surface area contributed by atoms with Gasteiger partial charge in [-0.2, -0.15) is 0 Å². The largest absolute Gasteiger partial charge is 0.465 e. The zero-order valence-corrected chi connectivity index (χ0v) is 10.6. The number of carbonyl (C=O) groups is 2. The van der Waals surface area contributed by atoms with Gasteiger partial charge in [0.1, 0.15) is 12.2 Å². The minimum absolute atomic E-state index is 0.0187. The van der Waals surface area contributed by atoms with Crippen LogP contribution in [0.2, 0.25) is 0 Å². The molecule has 0 atom stereocenters. The standard InChI is InChI=1S/C13H12ClNO3/c1-2-18-12(16)8-15-10-6-4-3-5-9(10)7-11(15)13(14)17/h3-7H,2,8H2,1H3. The highest BCUT2D eigenvalue weighted by atomic mass is 35.5. The fourth-order valence-corrected chi connectivity index (χ4v) is 2.04. The van der Waals surface area contributed by atoms with Gasteiger partial charge in [0.15, 0.2) is 0 Å². The van der Waals surface area contributed by atoms with Crippen LogP contribution in [0.4, 0.5) is 0 Å². The third-order valence-electron chi connectivity index (χ3n) is 2.60. The number of hydrogen-bond acceptors (Lipinski definition) is 3. The zero-order valence-electron chi connectivity index (χ0n) is 9.85. The van der Waals surface area contributed by atoms with Gasteiger partial charge < -0.3 is 9.30 Å².